The second-order valence-corrected chi connectivity index (χ2v) is 4.47. The number of carbonyl (C=O) groups is 1. The molecule has 18 heavy (non-hydrogen) atoms. The first-order chi connectivity index (χ1) is 8.54. The second kappa shape index (κ2) is 5.01. The number of amides is 1. The van der Waals surface area contributed by atoms with E-state index >= 15 is 0 Å². The number of phenolic OH excluding ortho intramolecular Hbond substituents is 2. The number of halogens is 1. The highest BCUT2D eigenvalue weighted by Crippen LogP contribution is 2.36. The number of phenols is 2. The fraction of sp³-hybridized carbons (Fsp3) is 0.364. The number of nitrogens with two attached hydrogens (primary N) is 1. The SMILES string of the molecule is NO[C@H]1CCN(C(=O)c2ccc(O)c(O)c2Cl)C1. The first-order valence-electron chi connectivity index (χ1n) is 5.39. The molecule has 1 aliphatic heterocycles. The molecule has 0 unspecified atom stereocenters. The third kappa shape index (κ3) is 2.22. The third-order valence-electron chi connectivity index (χ3n) is 2.95. The summed E-state index contributed by atoms with van der Waals surface area (Å²) >= 11 is 5.83. The fourth-order valence-corrected chi connectivity index (χ4v) is 2.15. The van der Waals surface area contributed by atoms with Gasteiger partial charge in [-0.15, -0.1) is 0 Å². The van der Waals surface area contributed by atoms with Crippen LogP contribution in [0.15, 0.2) is 12.1 Å². The molecule has 1 amide bonds. The van der Waals surface area contributed by atoms with Crippen molar-refractivity contribution in [1.82, 2.24) is 4.90 Å². The third-order valence-corrected chi connectivity index (χ3v) is 3.33. The van der Waals surface area contributed by atoms with Crippen molar-refractivity contribution in [2.45, 2.75) is 12.5 Å². The normalized spacial score (nSPS) is 19.2. The maximum Gasteiger partial charge on any atom is 0.255 e. The summed E-state index contributed by atoms with van der Waals surface area (Å²) in [5.74, 6) is 3.90. The van der Waals surface area contributed by atoms with Crippen LogP contribution >= 0.6 is 11.6 Å². The van der Waals surface area contributed by atoms with Gasteiger partial charge in [-0.25, -0.2) is 5.90 Å². The van der Waals surface area contributed by atoms with Crippen LogP contribution in [0.3, 0.4) is 0 Å². The summed E-state index contributed by atoms with van der Waals surface area (Å²) in [6.07, 6.45) is 0.475. The lowest BCUT2D eigenvalue weighted by molar-refractivity contribution is 0.0537. The smallest absolute Gasteiger partial charge is 0.255 e. The van der Waals surface area contributed by atoms with Crippen molar-refractivity contribution in [1.29, 1.82) is 0 Å². The second-order valence-electron chi connectivity index (χ2n) is 4.09. The summed E-state index contributed by atoms with van der Waals surface area (Å²) in [6.45, 7) is 0.895. The highest BCUT2D eigenvalue weighted by atomic mass is 35.5. The summed E-state index contributed by atoms with van der Waals surface area (Å²) in [5, 5.41) is 18.6. The van der Waals surface area contributed by atoms with Gasteiger partial charge in [0.2, 0.25) is 0 Å². The van der Waals surface area contributed by atoms with Gasteiger partial charge in [0.05, 0.1) is 16.7 Å². The molecular weight excluding hydrogens is 260 g/mol. The maximum atomic E-state index is 12.1. The van der Waals surface area contributed by atoms with Crippen LogP contribution < -0.4 is 5.90 Å². The molecule has 7 heteroatoms. The van der Waals surface area contributed by atoms with Gasteiger partial charge in [-0.3, -0.25) is 9.63 Å². The van der Waals surface area contributed by atoms with Gasteiger partial charge >= 0.3 is 0 Å². The van der Waals surface area contributed by atoms with E-state index < -0.39 is 5.75 Å². The van der Waals surface area contributed by atoms with E-state index in [1.165, 1.54) is 17.0 Å². The Bertz CT molecular complexity index is 480. The van der Waals surface area contributed by atoms with Gasteiger partial charge in [0.15, 0.2) is 11.5 Å². The van der Waals surface area contributed by atoms with Gasteiger partial charge in [-0.2, -0.15) is 0 Å². The molecule has 0 aliphatic carbocycles. The Hall–Kier alpha value is -1.50. The van der Waals surface area contributed by atoms with Crippen LogP contribution in [0.1, 0.15) is 16.8 Å². The van der Waals surface area contributed by atoms with E-state index in [1.807, 2.05) is 0 Å². The van der Waals surface area contributed by atoms with Crippen LogP contribution in [-0.4, -0.2) is 40.2 Å². The van der Waals surface area contributed by atoms with Crippen LogP contribution in [0, 0.1) is 0 Å². The lowest BCUT2D eigenvalue weighted by Crippen LogP contribution is -2.31. The van der Waals surface area contributed by atoms with E-state index in [2.05, 4.69) is 4.84 Å². The van der Waals surface area contributed by atoms with Crippen LogP contribution in [0.25, 0.3) is 0 Å². The number of carbonyl (C=O) groups excluding carboxylic acids is 1. The summed E-state index contributed by atoms with van der Waals surface area (Å²) in [5.41, 5.74) is 0.143. The summed E-state index contributed by atoms with van der Waals surface area (Å²) in [7, 11) is 0. The Morgan fingerprint density at radius 3 is 2.83 bits per heavy atom. The fourth-order valence-electron chi connectivity index (χ4n) is 1.91. The molecule has 1 aliphatic rings. The van der Waals surface area contributed by atoms with Crippen molar-refractivity contribution < 1.29 is 19.8 Å². The Morgan fingerprint density at radius 1 is 1.50 bits per heavy atom. The lowest BCUT2D eigenvalue weighted by atomic mass is 10.1. The molecule has 1 saturated heterocycles. The minimum absolute atomic E-state index is 0.143. The molecule has 1 aromatic carbocycles. The zero-order valence-electron chi connectivity index (χ0n) is 9.47. The Balaban J connectivity index is 2.22. The zero-order chi connectivity index (χ0) is 13.3. The van der Waals surface area contributed by atoms with Crippen molar-refractivity contribution >= 4 is 17.5 Å². The molecule has 98 valence electrons. The Labute approximate surface area is 108 Å². The van der Waals surface area contributed by atoms with Crippen molar-refractivity contribution in [3.05, 3.63) is 22.7 Å². The zero-order valence-corrected chi connectivity index (χ0v) is 10.2. The van der Waals surface area contributed by atoms with E-state index in [1.54, 1.807) is 0 Å². The molecule has 0 radical (unpaired) electrons. The molecule has 6 nitrogen and oxygen atoms in total. The molecular formula is C11H13ClN2O4. The van der Waals surface area contributed by atoms with Crippen LogP contribution in [-0.2, 0) is 4.84 Å². The Kier molecular flexibility index (Phi) is 3.60. The van der Waals surface area contributed by atoms with E-state index in [0.29, 0.717) is 19.5 Å². The molecule has 4 N–H and O–H groups in total. The van der Waals surface area contributed by atoms with Gasteiger partial charge in [0, 0.05) is 13.1 Å². The van der Waals surface area contributed by atoms with E-state index in [9.17, 15) is 15.0 Å². The Morgan fingerprint density at radius 2 is 2.22 bits per heavy atom. The minimum atomic E-state index is -0.492. The molecule has 1 fully saturated rings. The predicted molar refractivity (Wildman–Crippen MR) is 64.4 cm³/mol. The minimum Gasteiger partial charge on any atom is -0.504 e. The summed E-state index contributed by atoms with van der Waals surface area (Å²) in [6, 6.07) is 2.60. The highest BCUT2D eigenvalue weighted by Gasteiger charge is 2.29. The molecule has 1 atom stereocenters. The average Bonchev–Trinajstić information content (AvgIpc) is 2.84. The quantitative estimate of drug-likeness (QED) is 0.548. The average molecular weight is 273 g/mol. The van der Waals surface area contributed by atoms with Crippen molar-refractivity contribution in [3.63, 3.8) is 0 Å². The predicted octanol–water partition coefficient (Wildman–Crippen LogP) is 0.856. The molecule has 1 aromatic rings. The van der Waals surface area contributed by atoms with Gasteiger partial charge in [0.25, 0.3) is 5.91 Å². The molecule has 2 rings (SSSR count). The molecule has 0 spiro atoms. The topological polar surface area (TPSA) is 96.0 Å². The number of aromatic hydroxyl groups is 2. The van der Waals surface area contributed by atoms with Crippen LogP contribution in [0.4, 0.5) is 0 Å². The van der Waals surface area contributed by atoms with Crippen LogP contribution in [0.5, 0.6) is 11.5 Å². The van der Waals surface area contributed by atoms with Crippen LogP contribution in [0.2, 0.25) is 5.02 Å². The van der Waals surface area contributed by atoms with Gasteiger partial charge < -0.3 is 15.1 Å². The number of likely N-dealkylation sites (tertiary alicyclic amines) is 1. The van der Waals surface area contributed by atoms with Crippen molar-refractivity contribution in [2.75, 3.05) is 13.1 Å². The lowest BCUT2D eigenvalue weighted by Gasteiger charge is -2.17. The number of benzene rings is 1. The van der Waals surface area contributed by atoms with Crippen molar-refractivity contribution in [3.8, 4) is 11.5 Å². The monoisotopic (exact) mass is 272 g/mol. The molecule has 1 heterocycles. The maximum absolute atomic E-state index is 12.1. The first kappa shape index (κ1) is 12.9. The van der Waals surface area contributed by atoms with Gasteiger partial charge in [-0.05, 0) is 18.6 Å². The highest BCUT2D eigenvalue weighted by molar-refractivity contribution is 6.35. The molecule has 0 aromatic heterocycles. The molecule has 0 bridgehead atoms. The number of hydrogen-bond donors (Lipinski definition) is 3. The number of nitrogens with zero attached hydrogens (tertiary/aromatic N) is 1. The first-order valence-corrected chi connectivity index (χ1v) is 5.77. The van der Waals surface area contributed by atoms with Gasteiger partial charge in [-0.1, -0.05) is 11.6 Å². The number of rotatable bonds is 2. The van der Waals surface area contributed by atoms with E-state index in [-0.39, 0.29) is 28.3 Å². The summed E-state index contributed by atoms with van der Waals surface area (Å²) in [4.78, 5) is 18.4. The summed E-state index contributed by atoms with van der Waals surface area (Å²) < 4.78 is 0. The van der Waals surface area contributed by atoms with E-state index in [4.69, 9.17) is 17.5 Å². The number of hydrogen-bond acceptors (Lipinski definition) is 5. The van der Waals surface area contributed by atoms with Crippen molar-refractivity contribution in [2.24, 2.45) is 5.90 Å². The largest absolute Gasteiger partial charge is 0.504 e. The standard InChI is InChI=1S/C11H13ClN2O4/c12-9-7(1-2-8(15)10(9)16)11(17)14-4-3-6(5-14)18-13/h1-2,6,15-16H,3-5,13H2/t6-/m0/s1. The van der Waals surface area contributed by atoms with E-state index in [0.717, 1.165) is 0 Å². The molecule has 0 saturated carbocycles. The van der Waals surface area contributed by atoms with Gasteiger partial charge in [0.1, 0.15) is 0 Å².